The summed E-state index contributed by atoms with van der Waals surface area (Å²) in [5.41, 5.74) is 2.51. The Labute approximate surface area is 172 Å². The number of fused-ring (bicyclic) bond motifs is 1. The molecule has 7 heteroatoms. The summed E-state index contributed by atoms with van der Waals surface area (Å²) >= 11 is 0. The van der Waals surface area contributed by atoms with Crippen LogP contribution in [0, 0.1) is 18.2 Å². The fraction of sp³-hybridized carbons (Fsp3) is 0.500. The summed E-state index contributed by atoms with van der Waals surface area (Å²) in [6, 6.07) is 6.45. The van der Waals surface area contributed by atoms with E-state index in [2.05, 4.69) is 59.6 Å². The molecule has 3 rings (SSSR count). The van der Waals surface area contributed by atoms with Crippen molar-refractivity contribution in [3.8, 4) is 11.4 Å². The van der Waals surface area contributed by atoms with Crippen LogP contribution < -0.4 is 5.32 Å². The third-order valence-electron chi connectivity index (χ3n) is 4.73. The molecule has 0 saturated heterocycles. The molecule has 0 unspecified atom stereocenters. The molecule has 0 aliphatic carbocycles. The third kappa shape index (κ3) is 4.90. The van der Waals surface area contributed by atoms with Gasteiger partial charge in [-0.2, -0.15) is 0 Å². The highest BCUT2D eigenvalue weighted by atomic mass is 19.1. The molecular formula is C22H31FN6. The minimum Gasteiger partial charge on any atom is -0.368 e. The first-order chi connectivity index (χ1) is 13.7. The second kappa shape index (κ2) is 8.45. The predicted molar refractivity (Wildman–Crippen MR) is 117 cm³/mol. The van der Waals surface area contributed by atoms with Crippen molar-refractivity contribution >= 4 is 17.0 Å². The van der Waals surface area contributed by atoms with Gasteiger partial charge in [0.05, 0.1) is 0 Å². The van der Waals surface area contributed by atoms with Crippen LogP contribution in [0.3, 0.4) is 0 Å². The number of benzene rings is 1. The second-order valence-electron chi connectivity index (χ2n) is 8.64. The summed E-state index contributed by atoms with van der Waals surface area (Å²) in [6.07, 6.45) is 0.946. The van der Waals surface area contributed by atoms with E-state index in [-0.39, 0.29) is 11.2 Å². The largest absolute Gasteiger partial charge is 0.368 e. The number of hydrogen-bond acceptors (Lipinski definition) is 5. The van der Waals surface area contributed by atoms with E-state index in [1.54, 1.807) is 12.1 Å². The maximum atomic E-state index is 13.4. The van der Waals surface area contributed by atoms with Gasteiger partial charge in [-0.25, -0.2) is 19.3 Å². The van der Waals surface area contributed by atoms with Gasteiger partial charge in [0.25, 0.3) is 0 Å². The summed E-state index contributed by atoms with van der Waals surface area (Å²) in [5, 5.41) is 3.50. The number of anilines is 1. The van der Waals surface area contributed by atoms with Gasteiger partial charge in [-0.1, -0.05) is 20.8 Å². The topological polar surface area (TPSA) is 58.9 Å². The zero-order chi connectivity index (χ0) is 21.2. The molecule has 1 N–H and O–H groups in total. The SMILES string of the molecule is CCCn1c(-c2ccc(F)cc2)nc2c(NCC(C)(C)CN(C)C)nc(C)nc21. The van der Waals surface area contributed by atoms with Crippen LogP contribution in [0.1, 0.15) is 33.0 Å². The average molecular weight is 399 g/mol. The zero-order valence-corrected chi connectivity index (χ0v) is 18.3. The first kappa shape index (κ1) is 21.2. The van der Waals surface area contributed by atoms with Crippen molar-refractivity contribution in [3.05, 3.63) is 35.9 Å². The van der Waals surface area contributed by atoms with Crippen LogP contribution in [0.2, 0.25) is 0 Å². The van der Waals surface area contributed by atoms with Gasteiger partial charge < -0.3 is 14.8 Å². The molecule has 0 bridgehead atoms. The fourth-order valence-electron chi connectivity index (χ4n) is 3.72. The zero-order valence-electron chi connectivity index (χ0n) is 18.3. The van der Waals surface area contributed by atoms with Crippen LogP contribution in [-0.4, -0.2) is 51.6 Å². The maximum Gasteiger partial charge on any atom is 0.166 e. The van der Waals surface area contributed by atoms with Gasteiger partial charge in [0.2, 0.25) is 0 Å². The Morgan fingerprint density at radius 3 is 2.41 bits per heavy atom. The number of aromatic nitrogens is 4. The predicted octanol–water partition coefficient (Wildman–Crippen LogP) is 4.35. The second-order valence-corrected chi connectivity index (χ2v) is 8.64. The lowest BCUT2D eigenvalue weighted by atomic mass is 9.93. The molecule has 0 saturated carbocycles. The van der Waals surface area contributed by atoms with Gasteiger partial charge in [-0.05, 0) is 57.1 Å². The summed E-state index contributed by atoms with van der Waals surface area (Å²) < 4.78 is 15.5. The molecule has 1 aromatic carbocycles. The van der Waals surface area contributed by atoms with Gasteiger partial charge in [-0.3, -0.25) is 0 Å². The van der Waals surface area contributed by atoms with Crippen molar-refractivity contribution in [1.29, 1.82) is 0 Å². The maximum absolute atomic E-state index is 13.4. The molecule has 2 heterocycles. The first-order valence-electron chi connectivity index (χ1n) is 10.1. The monoisotopic (exact) mass is 398 g/mol. The van der Waals surface area contributed by atoms with Crippen molar-refractivity contribution in [2.24, 2.45) is 5.41 Å². The smallest absolute Gasteiger partial charge is 0.166 e. The first-order valence-corrected chi connectivity index (χ1v) is 10.1. The molecule has 2 aromatic heterocycles. The lowest BCUT2D eigenvalue weighted by Crippen LogP contribution is -2.34. The third-order valence-corrected chi connectivity index (χ3v) is 4.73. The van der Waals surface area contributed by atoms with Gasteiger partial charge in [0.1, 0.15) is 17.5 Å². The average Bonchev–Trinajstić information content (AvgIpc) is 2.98. The molecular weight excluding hydrogens is 367 g/mol. The van der Waals surface area contributed by atoms with E-state index >= 15 is 0 Å². The quantitative estimate of drug-likeness (QED) is 0.611. The molecule has 29 heavy (non-hydrogen) atoms. The van der Waals surface area contributed by atoms with Crippen molar-refractivity contribution in [1.82, 2.24) is 24.4 Å². The molecule has 156 valence electrons. The van der Waals surface area contributed by atoms with Crippen LogP contribution in [0.25, 0.3) is 22.6 Å². The lowest BCUT2D eigenvalue weighted by molar-refractivity contribution is 0.254. The number of hydrogen-bond donors (Lipinski definition) is 1. The molecule has 0 radical (unpaired) electrons. The molecule has 0 amide bonds. The van der Waals surface area contributed by atoms with Crippen LogP contribution in [0.15, 0.2) is 24.3 Å². The van der Waals surface area contributed by atoms with E-state index in [0.717, 1.165) is 54.4 Å². The number of aryl methyl sites for hydroxylation is 2. The van der Waals surface area contributed by atoms with Crippen LogP contribution >= 0.6 is 0 Å². The molecule has 0 aliphatic rings. The molecule has 0 spiro atoms. The normalized spacial score (nSPS) is 12.1. The van der Waals surface area contributed by atoms with E-state index in [9.17, 15) is 4.39 Å². The summed E-state index contributed by atoms with van der Waals surface area (Å²) in [7, 11) is 4.16. The highest BCUT2D eigenvalue weighted by Crippen LogP contribution is 2.29. The lowest BCUT2D eigenvalue weighted by Gasteiger charge is -2.28. The Morgan fingerprint density at radius 2 is 1.79 bits per heavy atom. The molecule has 6 nitrogen and oxygen atoms in total. The summed E-state index contributed by atoms with van der Waals surface area (Å²) in [6.45, 7) is 11.0. The van der Waals surface area contributed by atoms with E-state index in [1.165, 1.54) is 12.1 Å². The molecule has 0 fully saturated rings. The Kier molecular flexibility index (Phi) is 6.17. The standard InChI is InChI=1S/C22H31FN6/c1-7-12-29-20(16-8-10-17(23)11-9-16)27-18-19(25-15(2)26-21(18)29)24-13-22(3,4)14-28(5)6/h8-11H,7,12-14H2,1-6H3,(H,24,25,26). The molecule has 0 aliphatic heterocycles. The molecule has 3 aromatic rings. The number of imidazole rings is 1. The van der Waals surface area contributed by atoms with E-state index in [4.69, 9.17) is 4.98 Å². The van der Waals surface area contributed by atoms with E-state index in [0.29, 0.717) is 5.82 Å². The van der Waals surface area contributed by atoms with Crippen molar-refractivity contribution in [2.75, 3.05) is 32.5 Å². The number of nitrogens with zero attached hydrogens (tertiary/aromatic N) is 5. The highest BCUT2D eigenvalue weighted by molar-refractivity contribution is 5.86. The summed E-state index contributed by atoms with van der Waals surface area (Å²) in [4.78, 5) is 16.4. The van der Waals surface area contributed by atoms with Gasteiger partial charge in [0, 0.05) is 25.2 Å². The van der Waals surface area contributed by atoms with Crippen molar-refractivity contribution in [3.63, 3.8) is 0 Å². The Balaban J connectivity index is 2.05. The van der Waals surface area contributed by atoms with Crippen LogP contribution in [0.5, 0.6) is 0 Å². The minimum atomic E-state index is -0.256. The van der Waals surface area contributed by atoms with Gasteiger partial charge in [0.15, 0.2) is 17.0 Å². The van der Waals surface area contributed by atoms with E-state index in [1.807, 2.05) is 6.92 Å². The van der Waals surface area contributed by atoms with Crippen molar-refractivity contribution in [2.45, 2.75) is 40.7 Å². The van der Waals surface area contributed by atoms with Gasteiger partial charge in [-0.15, -0.1) is 0 Å². The fourth-order valence-corrected chi connectivity index (χ4v) is 3.72. The van der Waals surface area contributed by atoms with Crippen molar-refractivity contribution < 1.29 is 4.39 Å². The van der Waals surface area contributed by atoms with E-state index < -0.39 is 0 Å². The Hall–Kier alpha value is -2.54. The number of rotatable bonds is 8. The Morgan fingerprint density at radius 1 is 1.10 bits per heavy atom. The minimum absolute atomic E-state index is 0.0699. The van der Waals surface area contributed by atoms with Crippen LogP contribution in [-0.2, 0) is 6.54 Å². The number of halogens is 1. The van der Waals surface area contributed by atoms with Gasteiger partial charge >= 0.3 is 0 Å². The van der Waals surface area contributed by atoms with Crippen LogP contribution in [0.4, 0.5) is 10.2 Å². The molecule has 0 atom stereocenters. The Bertz CT molecular complexity index is 975. The highest BCUT2D eigenvalue weighted by Gasteiger charge is 2.22. The number of nitrogens with one attached hydrogen (secondary N) is 1. The summed E-state index contributed by atoms with van der Waals surface area (Å²) in [5.74, 6) is 1.98.